The Kier molecular flexibility index (Phi) is 4.41. The van der Waals surface area contributed by atoms with Crippen LogP contribution in [-0.4, -0.2) is 0 Å². The molecule has 0 spiro atoms. The third kappa shape index (κ3) is 3.25. The molecule has 0 bridgehead atoms. The van der Waals surface area contributed by atoms with Crippen molar-refractivity contribution in [3.63, 3.8) is 0 Å². The molecule has 2 aromatic carbocycles. The third-order valence-corrected chi connectivity index (χ3v) is 3.47. The van der Waals surface area contributed by atoms with Crippen molar-refractivity contribution in [2.24, 2.45) is 0 Å². The van der Waals surface area contributed by atoms with Crippen LogP contribution in [0.15, 0.2) is 40.9 Å². The van der Waals surface area contributed by atoms with Crippen LogP contribution in [0.1, 0.15) is 11.1 Å². The zero-order chi connectivity index (χ0) is 13.8. The first-order valence-corrected chi connectivity index (χ1v) is 6.65. The van der Waals surface area contributed by atoms with Crippen molar-refractivity contribution in [1.82, 2.24) is 0 Å². The monoisotopic (exact) mass is 338 g/mol. The predicted molar refractivity (Wildman–Crippen MR) is 77.6 cm³/mol. The van der Waals surface area contributed by atoms with Gasteiger partial charge in [-0.1, -0.05) is 33.6 Å². The lowest BCUT2D eigenvalue weighted by Gasteiger charge is -2.10. The van der Waals surface area contributed by atoms with E-state index in [1.807, 2.05) is 0 Å². The van der Waals surface area contributed by atoms with E-state index < -0.39 is 0 Å². The SMILES string of the molecule is N#Cc1ccc(Br)cc1NCc1c(F)cccc1Cl. The molecule has 0 aliphatic rings. The zero-order valence-electron chi connectivity index (χ0n) is 9.75. The summed E-state index contributed by atoms with van der Waals surface area (Å²) in [4.78, 5) is 0. The number of hydrogen-bond donors (Lipinski definition) is 1. The van der Waals surface area contributed by atoms with E-state index in [-0.39, 0.29) is 12.4 Å². The number of nitriles is 1. The molecule has 0 atom stereocenters. The van der Waals surface area contributed by atoms with Crippen LogP contribution in [0.2, 0.25) is 5.02 Å². The Morgan fingerprint density at radius 3 is 2.79 bits per heavy atom. The maximum Gasteiger partial charge on any atom is 0.129 e. The van der Waals surface area contributed by atoms with E-state index in [4.69, 9.17) is 16.9 Å². The van der Waals surface area contributed by atoms with Gasteiger partial charge < -0.3 is 5.32 Å². The van der Waals surface area contributed by atoms with Gasteiger partial charge in [-0.2, -0.15) is 5.26 Å². The van der Waals surface area contributed by atoms with Gasteiger partial charge in [0.05, 0.1) is 11.3 Å². The quantitative estimate of drug-likeness (QED) is 0.878. The highest BCUT2D eigenvalue weighted by Crippen LogP contribution is 2.24. The molecule has 0 aliphatic heterocycles. The minimum absolute atomic E-state index is 0.219. The van der Waals surface area contributed by atoms with E-state index in [1.165, 1.54) is 6.07 Å². The molecule has 2 aromatic rings. The second kappa shape index (κ2) is 6.05. The molecule has 2 nitrogen and oxygen atoms in total. The summed E-state index contributed by atoms with van der Waals surface area (Å²) < 4.78 is 14.5. The third-order valence-electron chi connectivity index (χ3n) is 2.62. The van der Waals surface area contributed by atoms with Crippen molar-refractivity contribution in [1.29, 1.82) is 5.26 Å². The van der Waals surface area contributed by atoms with Gasteiger partial charge in [-0.3, -0.25) is 0 Å². The smallest absolute Gasteiger partial charge is 0.129 e. The fraction of sp³-hybridized carbons (Fsp3) is 0.0714. The summed E-state index contributed by atoms with van der Waals surface area (Å²) in [5, 5.41) is 12.4. The van der Waals surface area contributed by atoms with Crippen LogP contribution in [0.25, 0.3) is 0 Å². The van der Waals surface area contributed by atoms with Crippen LogP contribution >= 0.6 is 27.5 Å². The fourth-order valence-electron chi connectivity index (χ4n) is 1.65. The maximum absolute atomic E-state index is 13.6. The Balaban J connectivity index is 2.24. The van der Waals surface area contributed by atoms with Crippen LogP contribution in [-0.2, 0) is 6.54 Å². The Morgan fingerprint density at radius 2 is 2.11 bits per heavy atom. The van der Waals surface area contributed by atoms with Crippen LogP contribution in [0, 0.1) is 17.1 Å². The van der Waals surface area contributed by atoms with E-state index in [2.05, 4.69) is 27.3 Å². The summed E-state index contributed by atoms with van der Waals surface area (Å²) in [5.74, 6) is -0.367. The summed E-state index contributed by atoms with van der Waals surface area (Å²) in [6.07, 6.45) is 0. The topological polar surface area (TPSA) is 35.8 Å². The molecule has 0 radical (unpaired) electrons. The van der Waals surface area contributed by atoms with Gasteiger partial charge in [0.1, 0.15) is 11.9 Å². The Hall–Kier alpha value is -1.57. The molecule has 0 saturated heterocycles. The Morgan fingerprint density at radius 1 is 1.32 bits per heavy atom. The first kappa shape index (κ1) is 13.9. The normalized spacial score (nSPS) is 10.0. The highest BCUT2D eigenvalue weighted by atomic mass is 79.9. The van der Waals surface area contributed by atoms with Crippen molar-refractivity contribution in [3.8, 4) is 6.07 Å². The van der Waals surface area contributed by atoms with Crippen molar-refractivity contribution >= 4 is 33.2 Å². The lowest BCUT2D eigenvalue weighted by atomic mass is 10.1. The summed E-state index contributed by atoms with van der Waals surface area (Å²) in [7, 11) is 0. The van der Waals surface area contributed by atoms with Gasteiger partial charge in [-0.15, -0.1) is 0 Å². The Labute approximate surface area is 123 Å². The number of nitrogens with zero attached hydrogens (tertiary/aromatic N) is 1. The number of nitrogens with one attached hydrogen (secondary N) is 1. The minimum Gasteiger partial charge on any atom is -0.380 e. The van der Waals surface area contributed by atoms with E-state index in [0.29, 0.717) is 21.8 Å². The molecule has 0 amide bonds. The Bertz CT molecular complexity index is 632. The van der Waals surface area contributed by atoms with Gasteiger partial charge in [0.2, 0.25) is 0 Å². The average molecular weight is 340 g/mol. The molecule has 0 aliphatic carbocycles. The molecule has 19 heavy (non-hydrogen) atoms. The molecule has 1 N–H and O–H groups in total. The van der Waals surface area contributed by atoms with Gasteiger partial charge in [-0.05, 0) is 30.3 Å². The summed E-state index contributed by atoms with van der Waals surface area (Å²) in [6, 6.07) is 11.9. The lowest BCUT2D eigenvalue weighted by molar-refractivity contribution is 0.613. The van der Waals surface area contributed by atoms with E-state index in [0.717, 1.165) is 4.47 Å². The lowest BCUT2D eigenvalue weighted by Crippen LogP contribution is -2.04. The van der Waals surface area contributed by atoms with Crippen molar-refractivity contribution in [2.75, 3.05) is 5.32 Å². The zero-order valence-corrected chi connectivity index (χ0v) is 12.1. The minimum atomic E-state index is -0.367. The number of anilines is 1. The molecule has 0 saturated carbocycles. The molecular formula is C14H9BrClFN2. The first-order valence-electron chi connectivity index (χ1n) is 5.48. The largest absolute Gasteiger partial charge is 0.380 e. The molecule has 5 heteroatoms. The van der Waals surface area contributed by atoms with Crippen molar-refractivity contribution < 1.29 is 4.39 Å². The maximum atomic E-state index is 13.6. The van der Waals surface area contributed by atoms with Crippen molar-refractivity contribution in [3.05, 3.63) is 62.8 Å². The highest BCUT2D eigenvalue weighted by molar-refractivity contribution is 9.10. The molecule has 0 heterocycles. The van der Waals surface area contributed by atoms with Crippen LogP contribution in [0.4, 0.5) is 10.1 Å². The molecular weight excluding hydrogens is 331 g/mol. The molecule has 96 valence electrons. The van der Waals surface area contributed by atoms with Crippen LogP contribution in [0.5, 0.6) is 0 Å². The van der Waals surface area contributed by atoms with E-state index in [1.54, 1.807) is 30.3 Å². The second-order valence-electron chi connectivity index (χ2n) is 3.86. The number of halogens is 3. The molecule has 0 fully saturated rings. The number of rotatable bonds is 3. The first-order chi connectivity index (χ1) is 9.11. The highest BCUT2D eigenvalue weighted by Gasteiger charge is 2.08. The van der Waals surface area contributed by atoms with Gasteiger partial charge in [0.25, 0.3) is 0 Å². The number of benzene rings is 2. The van der Waals surface area contributed by atoms with Gasteiger partial charge in [0, 0.05) is 21.6 Å². The molecule has 2 rings (SSSR count). The predicted octanol–water partition coefficient (Wildman–Crippen LogP) is 4.73. The fourth-order valence-corrected chi connectivity index (χ4v) is 2.24. The standard InChI is InChI=1S/C14H9BrClFN2/c15-10-5-4-9(7-18)14(6-10)19-8-11-12(16)2-1-3-13(11)17/h1-6,19H,8H2. The molecule has 0 unspecified atom stereocenters. The summed E-state index contributed by atoms with van der Waals surface area (Å²) >= 11 is 9.28. The van der Waals surface area contributed by atoms with E-state index >= 15 is 0 Å². The van der Waals surface area contributed by atoms with Gasteiger partial charge in [0.15, 0.2) is 0 Å². The van der Waals surface area contributed by atoms with Crippen LogP contribution < -0.4 is 5.32 Å². The van der Waals surface area contributed by atoms with Gasteiger partial charge >= 0.3 is 0 Å². The molecule has 0 aromatic heterocycles. The van der Waals surface area contributed by atoms with Crippen LogP contribution in [0.3, 0.4) is 0 Å². The van der Waals surface area contributed by atoms with E-state index in [9.17, 15) is 4.39 Å². The summed E-state index contributed by atoms with van der Waals surface area (Å²) in [6.45, 7) is 0.219. The van der Waals surface area contributed by atoms with Crippen molar-refractivity contribution in [2.45, 2.75) is 6.54 Å². The summed E-state index contributed by atoms with van der Waals surface area (Å²) in [5.41, 5.74) is 1.51. The average Bonchev–Trinajstić information content (AvgIpc) is 2.38. The second-order valence-corrected chi connectivity index (χ2v) is 5.18. The number of hydrogen-bond acceptors (Lipinski definition) is 2. The van der Waals surface area contributed by atoms with Gasteiger partial charge in [-0.25, -0.2) is 4.39 Å².